The summed E-state index contributed by atoms with van der Waals surface area (Å²) in [5, 5.41) is 1.15. The highest BCUT2D eigenvalue weighted by Crippen LogP contribution is 2.31. The lowest BCUT2D eigenvalue weighted by molar-refractivity contribution is 1.07. The van der Waals surface area contributed by atoms with Gasteiger partial charge in [-0.25, -0.2) is 15.0 Å². The summed E-state index contributed by atoms with van der Waals surface area (Å²) in [5.41, 5.74) is 9.50. The predicted octanol–water partition coefficient (Wildman–Crippen LogP) is 9.06. The largest absolute Gasteiger partial charge is 0.252 e. The Morgan fingerprint density at radius 2 is 0.805 bits per heavy atom. The second kappa shape index (κ2) is 10.6. The Labute approximate surface area is 239 Å². The minimum Gasteiger partial charge on any atom is -0.252 e. The second-order valence-electron chi connectivity index (χ2n) is 10.0. The molecule has 0 saturated heterocycles. The highest BCUT2D eigenvalue weighted by atomic mass is 15.0. The van der Waals surface area contributed by atoms with Gasteiger partial charge in [0.1, 0.15) is 0 Å². The summed E-state index contributed by atoms with van der Waals surface area (Å²) < 4.78 is 0. The van der Waals surface area contributed by atoms with E-state index in [4.69, 9.17) is 19.9 Å². The fourth-order valence-electron chi connectivity index (χ4n) is 5.07. The summed E-state index contributed by atoms with van der Waals surface area (Å²) in [6, 6.07) is 47.7. The Morgan fingerprint density at radius 1 is 0.341 bits per heavy atom. The van der Waals surface area contributed by atoms with Crippen molar-refractivity contribution in [3.63, 3.8) is 0 Å². The Bertz CT molecular complexity index is 1910. The van der Waals surface area contributed by atoms with E-state index in [1.54, 1.807) is 0 Å². The van der Waals surface area contributed by atoms with Crippen LogP contribution in [0, 0.1) is 6.92 Å². The molecule has 41 heavy (non-hydrogen) atoms. The van der Waals surface area contributed by atoms with Crippen LogP contribution in [0.5, 0.6) is 0 Å². The van der Waals surface area contributed by atoms with Gasteiger partial charge in [0.25, 0.3) is 0 Å². The molecule has 2 heterocycles. The summed E-state index contributed by atoms with van der Waals surface area (Å²) >= 11 is 0. The number of benzene rings is 5. The van der Waals surface area contributed by atoms with E-state index in [0.29, 0.717) is 17.5 Å². The maximum absolute atomic E-state index is 4.85. The zero-order valence-corrected chi connectivity index (χ0v) is 22.6. The van der Waals surface area contributed by atoms with Gasteiger partial charge in [0.15, 0.2) is 17.5 Å². The smallest absolute Gasteiger partial charge is 0.164 e. The molecule has 0 unspecified atom stereocenters. The van der Waals surface area contributed by atoms with Gasteiger partial charge in [0.05, 0.1) is 5.52 Å². The van der Waals surface area contributed by atoms with Crippen LogP contribution in [0.25, 0.3) is 67.3 Å². The maximum Gasteiger partial charge on any atom is 0.164 e. The fourth-order valence-corrected chi connectivity index (χ4v) is 5.07. The monoisotopic (exact) mass is 526 g/mol. The summed E-state index contributed by atoms with van der Waals surface area (Å²) in [6.07, 6.45) is 0. The van der Waals surface area contributed by atoms with E-state index in [2.05, 4.69) is 78.9 Å². The van der Waals surface area contributed by atoms with E-state index in [1.165, 1.54) is 0 Å². The Balaban J connectivity index is 1.22. The van der Waals surface area contributed by atoms with Gasteiger partial charge in [0.2, 0.25) is 0 Å². The number of nitrogens with zero attached hydrogens (tertiary/aromatic N) is 4. The van der Waals surface area contributed by atoms with Crippen molar-refractivity contribution < 1.29 is 0 Å². The summed E-state index contributed by atoms with van der Waals surface area (Å²) in [5.74, 6) is 1.97. The SMILES string of the molecule is Cc1ccc2cccc(-c3ccc(-c4ccc(-c5nc(-c6ccccc6)nc(-c6ccccc6)n5)cc4)cc3)c2n1. The van der Waals surface area contributed by atoms with Crippen LogP contribution in [0.2, 0.25) is 0 Å². The van der Waals surface area contributed by atoms with E-state index in [1.807, 2.05) is 67.6 Å². The predicted molar refractivity (Wildman–Crippen MR) is 167 cm³/mol. The number of aryl methyl sites for hydroxylation is 1. The average molecular weight is 527 g/mol. The molecule has 0 bridgehead atoms. The molecule has 4 heteroatoms. The molecule has 2 aromatic heterocycles. The van der Waals surface area contributed by atoms with Gasteiger partial charge in [-0.15, -0.1) is 0 Å². The van der Waals surface area contributed by atoms with Crippen LogP contribution in [-0.4, -0.2) is 19.9 Å². The van der Waals surface area contributed by atoms with Gasteiger partial charge in [0, 0.05) is 33.3 Å². The molecule has 0 aliphatic rings. The third kappa shape index (κ3) is 4.99. The van der Waals surface area contributed by atoms with Crippen LogP contribution in [0.15, 0.2) is 140 Å². The highest BCUT2D eigenvalue weighted by Gasteiger charge is 2.12. The molecule has 7 rings (SSSR count). The lowest BCUT2D eigenvalue weighted by atomic mass is 9.98. The zero-order valence-electron chi connectivity index (χ0n) is 22.6. The van der Waals surface area contributed by atoms with Crippen molar-refractivity contribution in [1.29, 1.82) is 0 Å². The number of hydrogen-bond donors (Lipinski definition) is 0. The van der Waals surface area contributed by atoms with Crippen molar-refractivity contribution in [3.8, 4) is 56.4 Å². The molecule has 0 N–H and O–H groups in total. The van der Waals surface area contributed by atoms with Crippen molar-refractivity contribution in [2.45, 2.75) is 6.92 Å². The van der Waals surface area contributed by atoms with Crippen LogP contribution in [0.4, 0.5) is 0 Å². The lowest BCUT2D eigenvalue weighted by Gasteiger charge is -2.10. The van der Waals surface area contributed by atoms with Gasteiger partial charge >= 0.3 is 0 Å². The molecule has 0 saturated carbocycles. The van der Waals surface area contributed by atoms with Crippen LogP contribution in [-0.2, 0) is 0 Å². The first kappa shape index (κ1) is 24.6. The first-order chi connectivity index (χ1) is 20.2. The molecule has 194 valence electrons. The van der Waals surface area contributed by atoms with Crippen molar-refractivity contribution >= 4 is 10.9 Å². The molecule has 0 radical (unpaired) electrons. The molecule has 0 fully saturated rings. The molecular weight excluding hydrogens is 500 g/mol. The number of aromatic nitrogens is 4. The first-order valence-corrected chi connectivity index (χ1v) is 13.7. The third-order valence-corrected chi connectivity index (χ3v) is 7.23. The number of para-hydroxylation sites is 1. The third-order valence-electron chi connectivity index (χ3n) is 7.23. The Hall–Kier alpha value is -5.48. The molecule has 0 amide bonds. The molecule has 0 aliphatic carbocycles. The molecule has 5 aromatic carbocycles. The van der Waals surface area contributed by atoms with E-state index < -0.39 is 0 Å². The van der Waals surface area contributed by atoms with Crippen LogP contribution in [0.1, 0.15) is 5.69 Å². The van der Waals surface area contributed by atoms with Crippen molar-refractivity contribution in [3.05, 3.63) is 145 Å². The number of pyridine rings is 1. The second-order valence-corrected chi connectivity index (χ2v) is 10.0. The zero-order chi connectivity index (χ0) is 27.6. The Kier molecular flexibility index (Phi) is 6.34. The lowest BCUT2D eigenvalue weighted by Crippen LogP contribution is -2.00. The van der Waals surface area contributed by atoms with Crippen molar-refractivity contribution in [2.24, 2.45) is 0 Å². The maximum atomic E-state index is 4.85. The molecule has 0 atom stereocenters. The summed E-state index contributed by atoms with van der Waals surface area (Å²) in [4.78, 5) is 19.3. The number of hydrogen-bond acceptors (Lipinski definition) is 4. The number of rotatable bonds is 5. The molecule has 4 nitrogen and oxygen atoms in total. The standard InChI is InChI=1S/C37H26N4/c1-25-15-16-29-13-8-14-33(34(29)38-25)28-21-17-26(18-22-28)27-19-23-32(24-20-27)37-40-35(30-9-4-2-5-10-30)39-36(41-37)31-11-6-3-7-12-31/h2-24H,1H3. The molecular formula is C37H26N4. The highest BCUT2D eigenvalue weighted by molar-refractivity contribution is 5.94. The van der Waals surface area contributed by atoms with Gasteiger partial charge in [-0.1, -0.05) is 133 Å². The average Bonchev–Trinajstić information content (AvgIpc) is 3.05. The normalized spacial score (nSPS) is 11.0. The molecule has 0 aliphatic heterocycles. The van der Waals surface area contributed by atoms with Gasteiger partial charge in [-0.3, -0.25) is 4.98 Å². The van der Waals surface area contributed by atoms with E-state index in [0.717, 1.165) is 55.5 Å². The van der Waals surface area contributed by atoms with Crippen molar-refractivity contribution in [1.82, 2.24) is 19.9 Å². The van der Waals surface area contributed by atoms with Gasteiger partial charge < -0.3 is 0 Å². The Morgan fingerprint density at radius 3 is 1.34 bits per heavy atom. The minimum absolute atomic E-state index is 0.651. The van der Waals surface area contributed by atoms with Gasteiger partial charge in [-0.2, -0.15) is 0 Å². The van der Waals surface area contributed by atoms with E-state index in [-0.39, 0.29) is 0 Å². The van der Waals surface area contributed by atoms with Gasteiger partial charge in [-0.05, 0) is 29.7 Å². The molecule has 7 aromatic rings. The van der Waals surface area contributed by atoms with E-state index in [9.17, 15) is 0 Å². The van der Waals surface area contributed by atoms with Crippen LogP contribution >= 0.6 is 0 Å². The topological polar surface area (TPSA) is 51.6 Å². The van der Waals surface area contributed by atoms with Crippen molar-refractivity contribution in [2.75, 3.05) is 0 Å². The molecule has 0 spiro atoms. The fraction of sp³-hybridized carbons (Fsp3) is 0.0270. The van der Waals surface area contributed by atoms with E-state index >= 15 is 0 Å². The van der Waals surface area contributed by atoms with Crippen LogP contribution in [0.3, 0.4) is 0 Å². The number of fused-ring (bicyclic) bond motifs is 1. The first-order valence-electron chi connectivity index (χ1n) is 13.7. The minimum atomic E-state index is 0.651. The van der Waals surface area contributed by atoms with Crippen LogP contribution < -0.4 is 0 Å². The summed E-state index contributed by atoms with van der Waals surface area (Å²) in [7, 11) is 0. The summed E-state index contributed by atoms with van der Waals surface area (Å²) in [6.45, 7) is 2.03. The quantitative estimate of drug-likeness (QED) is 0.224.